The van der Waals surface area contributed by atoms with E-state index in [1.165, 1.54) is 24.8 Å². The van der Waals surface area contributed by atoms with Gasteiger partial charge in [-0.25, -0.2) is 15.0 Å². The Labute approximate surface area is 197 Å². The second-order valence-electron chi connectivity index (χ2n) is 8.22. The third-order valence-electron chi connectivity index (χ3n) is 5.74. The Bertz CT molecular complexity index is 1140. The molecular formula is C27H36N6. The van der Waals surface area contributed by atoms with Gasteiger partial charge >= 0.3 is 0 Å². The molecule has 174 valence electrons. The summed E-state index contributed by atoms with van der Waals surface area (Å²) in [6.07, 6.45) is 15.7. The van der Waals surface area contributed by atoms with Gasteiger partial charge < -0.3 is 11.1 Å². The Morgan fingerprint density at radius 2 is 2.00 bits per heavy atom. The van der Waals surface area contributed by atoms with E-state index in [1.807, 2.05) is 30.5 Å². The number of nitrogens with one attached hydrogen (secondary N) is 1. The topological polar surface area (TPSA) is 81.1 Å². The van der Waals surface area contributed by atoms with Gasteiger partial charge in [0.25, 0.3) is 0 Å². The van der Waals surface area contributed by atoms with Crippen LogP contribution in [-0.2, 0) is 6.54 Å². The maximum Gasteiger partial charge on any atom is 0.223 e. The molecule has 3 heterocycles. The molecule has 3 aromatic rings. The van der Waals surface area contributed by atoms with E-state index in [2.05, 4.69) is 54.2 Å². The number of allylic oxidation sites excluding steroid dienone is 5. The Kier molecular flexibility index (Phi) is 8.95. The second kappa shape index (κ2) is 12.1. The number of rotatable bonds is 12. The van der Waals surface area contributed by atoms with Gasteiger partial charge in [-0.05, 0) is 43.5 Å². The SMILES string of the molecule is C=C/C(=C\C=C(\C)CC)c1nc2cc(CN)ccn2c1-c1ccnc(NCCCCCC)n1. The van der Waals surface area contributed by atoms with Gasteiger partial charge in [0.15, 0.2) is 0 Å². The van der Waals surface area contributed by atoms with Crippen LogP contribution in [0.1, 0.15) is 64.1 Å². The number of pyridine rings is 1. The van der Waals surface area contributed by atoms with Crippen LogP contribution < -0.4 is 11.1 Å². The molecule has 0 saturated heterocycles. The number of fused-ring (bicyclic) bond motifs is 1. The first kappa shape index (κ1) is 24.4. The predicted molar refractivity (Wildman–Crippen MR) is 139 cm³/mol. The van der Waals surface area contributed by atoms with E-state index in [9.17, 15) is 0 Å². The van der Waals surface area contributed by atoms with Crippen LogP contribution in [0.4, 0.5) is 5.95 Å². The highest BCUT2D eigenvalue weighted by molar-refractivity contribution is 5.84. The molecule has 6 nitrogen and oxygen atoms in total. The monoisotopic (exact) mass is 444 g/mol. The number of nitrogens with zero attached hydrogens (tertiary/aromatic N) is 4. The van der Waals surface area contributed by atoms with Crippen LogP contribution in [0.15, 0.2) is 61.0 Å². The predicted octanol–water partition coefficient (Wildman–Crippen LogP) is 6.17. The highest BCUT2D eigenvalue weighted by Gasteiger charge is 2.18. The fourth-order valence-corrected chi connectivity index (χ4v) is 3.58. The van der Waals surface area contributed by atoms with Gasteiger partial charge in [0.2, 0.25) is 5.95 Å². The van der Waals surface area contributed by atoms with Crippen LogP contribution in [-0.4, -0.2) is 25.9 Å². The number of aromatic nitrogens is 4. The number of anilines is 1. The van der Waals surface area contributed by atoms with Crippen molar-refractivity contribution in [2.75, 3.05) is 11.9 Å². The smallest absolute Gasteiger partial charge is 0.223 e. The number of nitrogens with two attached hydrogens (primary N) is 1. The van der Waals surface area contributed by atoms with Crippen LogP contribution in [0.3, 0.4) is 0 Å². The summed E-state index contributed by atoms with van der Waals surface area (Å²) in [5, 5.41) is 3.37. The van der Waals surface area contributed by atoms with Gasteiger partial charge in [-0.15, -0.1) is 0 Å². The zero-order valence-corrected chi connectivity index (χ0v) is 20.1. The molecule has 3 rings (SSSR count). The van der Waals surface area contributed by atoms with E-state index in [1.54, 1.807) is 6.20 Å². The Morgan fingerprint density at radius 3 is 2.73 bits per heavy atom. The molecule has 0 radical (unpaired) electrons. The molecule has 0 saturated carbocycles. The van der Waals surface area contributed by atoms with Gasteiger partial charge in [-0.2, -0.15) is 0 Å². The molecule has 0 unspecified atom stereocenters. The third kappa shape index (κ3) is 6.17. The molecule has 0 fully saturated rings. The van der Waals surface area contributed by atoms with Crippen molar-refractivity contribution in [2.45, 2.75) is 59.4 Å². The lowest BCUT2D eigenvalue weighted by atomic mass is 10.1. The first-order chi connectivity index (χ1) is 16.1. The Hall–Kier alpha value is -3.25. The van der Waals surface area contributed by atoms with Crippen molar-refractivity contribution in [3.05, 3.63) is 72.2 Å². The van der Waals surface area contributed by atoms with Gasteiger partial charge in [0.1, 0.15) is 5.65 Å². The zero-order chi connectivity index (χ0) is 23.6. The molecule has 0 atom stereocenters. The van der Waals surface area contributed by atoms with Crippen LogP contribution in [0.5, 0.6) is 0 Å². The quantitative estimate of drug-likeness (QED) is 0.258. The number of hydrogen-bond acceptors (Lipinski definition) is 5. The van der Waals surface area contributed by atoms with Crippen LogP contribution >= 0.6 is 0 Å². The summed E-state index contributed by atoms with van der Waals surface area (Å²) in [5.74, 6) is 0.634. The summed E-state index contributed by atoms with van der Waals surface area (Å²) in [7, 11) is 0. The first-order valence-corrected chi connectivity index (χ1v) is 11.9. The molecule has 33 heavy (non-hydrogen) atoms. The van der Waals surface area contributed by atoms with Gasteiger partial charge in [-0.3, -0.25) is 4.40 Å². The average Bonchev–Trinajstić information content (AvgIpc) is 3.22. The van der Waals surface area contributed by atoms with Crippen molar-refractivity contribution < 1.29 is 0 Å². The molecular weight excluding hydrogens is 408 g/mol. The summed E-state index contributed by atoms with van der Waals surface area (Å²) in [5.41, 5.74) is 12.6. The molecule has 3 aromatic heterocycles. The number of unbranched alkanes of at least 4 members (excludes halogenated alkanes) is 3. The molecule has 0 spiro atoms. The summed E-state index contributed by atoms with van der Waals surface area (Å²) in [6, 6.07) is 5.98. The van der Waals surface area contributed by atoms with Crippen molar-refractivity contribution in [1.82, 2.24) is 19.4 Å². The van der Waals surface area contributed by atoms with E-state index >= 15 is 0 Å². The minimum absolute atomic E-state index is 0.468. The molecule has 0 bridgehead atoms. The van der Waals surface area contributed by atoms with Crippen LogP contribution in [0, 0.1) is 0 Å². The highest BCUT2D eigenvalue weighted by atomic mass is 15.1. The van der Waals surface area contributed by atoms with Crippen molar-refractivity contribution in [2.24, 2.45) is 5.73 Å². The van der Waals surface area contributed by atoms with Crippen molar-refractivity contribution in [3.63, 3.8) is 0 Å². The number of imidazole rings is 1. The standard InChI is InChI=1S/C27H36N6/c1-5-8-9-10-15-29-27-30-16-13-23(31-27)26-25(22(7-3)12-11-20(4)6-2)32-24-18-21(19-28)14-17-33(24)26/h7,11-14,16-18H,3,5-6,8-10,15,19,28H2,1-2,4H3,(H,29,30,31)/b20-11-,22-12+. The minimum atomic E-state index is 0.468. The van der Waals surface area contributed by atoms with E-state index in [0.717, 1.165) is 53.3 Å². The van der Waals surface area contributed by atoms with Crippen LogP contribution in [0.2, 0.25) is 0 Å². The molecule has 6 heteroatoms. The molecule has 0 aliphatic rings. The van der Waals surface area contributed by atoms with E-state index in [-0.39, 0.29) is 0 Å². The summed E-state index contributed by atoms with van der Waals surface area (Å²) in [6.45, 7) is 11.9. The zero-order valence-electron chi connectivity index (χ0n) is 20.1. The highest BCUT2D eigenvalue weighted by Crippen LogP contribution is 2.30. The summed E-state index contributed by atoms with van der Waals surface area (Å²) in [4.78, 5) is 14.2. The van der Waals surface area contributed by atoms with Crippen LogP contribution in [0.25, 0.3) is 22.6 Å². The normalized spacial score (nSPS) is 12.4. The van der Waals surface area contributed by atoms with Gasteiger partial charge in [0, 0.05) is 31.1 Å². The molecule has 0 aliphatic carbocycles. The second-order valence-corrected chi connectivity index (χ2v) is 8.22. The van der Waals surface area contributed by atoms with Gasteiger partial charge in [0.05, 0.1) is 17.1 Å². The van der Waals surface area contributed by atoms with Crippen molar-refractivity contribution >= 4 is 17.2 Å². The van der Waals surface area contributed by atoms with E-state index in [4.69, 9.17) is 15.7 Å². The maximum absolute atomic E-state index is 5.87. The lowest BCUT2D eigenvalue weighted by Gasteiger charge is -2.09. The molecule has 0 aliphatic heterocycles. The fourth-order valence-electron chi connectivity index (χ4n) is 3.58. The summed E-state index contributed by atoms with van der Waals surface area (Å²) >= 11 is 0. The molecule has 0 amide bonds. The summed E-state index contributed by atoms with van der Waals surface area (Å²) < 4.78 is 2.07. The van der Waals surface area contributed by atoms with Gasteiger partial charge in [-0.1, -0.05) is 63.5 Å². The lowest BCUT2D eigenvalue weighted by Crippen LogP contribution is -2.06. The first-order valence-electron chi connectivity index (χ1n) is 11.9. The molecule has 0 aromatic carbocycles. The molecule has 3 N–H and O–H groups in total. The Morgan fingerprint density at radius 1 is 1.15 bits per heavy atom. The Balaban J connectivity index is 2.06. The van der Waals surface area contributed by atoms with E-state index < -0.39 is 0 Å². The third-order valence-corrected chi connectivity index (χ3v) is 5.74. The fraction of sp³-hybridized carbons (Fsp3) is 0.370. The van der Waals surface area contributed by atoms with E-state index in [0.29, 0.717) is 12.5 Å². The largest absolute Gasteiger partial charge is 0.354 e. The average molecular weight is 445 g/mol. The lowest BCUT2D eigenvalue weighted by molar-refractivity contribution is 0.683. The maximum atomic E-state index is 5.87. The number of hydrogen-bond donors (Lipinski definition) is 2. The minimum Gasteiger partial charge on any atom is -0.354 e. The van der Waals surface area contributed by atoms with Crippen molar-refractivity contribution in [3.8, 4) is 11.4 Å². The van der Waals surface area contributed by atoms with Crippen molar-refractivity contribution in [1.29, 1.82) is 0 Å².